The molecular weight excluding hydrogens is 335 g/mol. The highest BCUT2D eigenvalue weighted by atomic mass is 19.1. The van der Waals surface area contributed by atoms with Gasteiger partial charge in [-0.05, 0) is 48.0 Å². The van der Waals surface area contributed by atoms with Crippen LogP contribution < -0.4 is 14.8 Å². The number of hydrogen-bond donors (Lipinski definition) is 1. The lowest BCUT2D eigenvalue weighted by molar-refractivity contribution is 0.387. The standard InChI is InChI=1S/C19H17FN4O2/c1-25-14-7-8-15(18(9-14)26-2)17-10-16(12-3-5-13(20)6-4-12)23-19-21-11-22-24(17)19/h3-11,17H,1-2H3,(H,21,22,23)/t17-/m0/s1. The number of methoxy groups -OCH3 is 2. The number of fused-ring (bicyclic) bond motifs is 1. The van der Waals surface area contributed by atoms with E-state index in [0.29, 0.717) is 17.4 Å². The average Bonchev–Trinajstić information content (AvgIpc) is 3.16. The molecule has 0 aliphatic carbocycles. The molecular formula is C19H17FN4O2. The van der Waals surface area contributed by atoms with Gasteiger partial charge < -0.3 is 14.8 Å². The second-order valence-corrected chi connectivity index (χ2v) is 5.79. The SMILES string of the molecule is COc1ccc([C@@H]2C=C(c3ccc(F)cc3)Nc3ncnn32)c(OC)c1. The molecule has 6 nitrogen and oxygen atoms in total. The van der Waals surface area contributed by atoms with Gasteiger partial charge in [-0.1, -0.05) is 0 Å². The summed E-state index contributed by atoms with van der Waals surface area (Å²) in [5.41, 5.74) is 2.60. The zero-order valence-corrected chi connectivity index (χ0v) is 14.3. The number of ether oxygens (including phenoxy) is 2. The summed E-state index contributed by atoms with van der Waals surface area (Å²) < 4.78 is 25.9. The Kier molecular flexibility index (Phi) is 4.04. The molecule has 0 spiro atoms. The Morgan fingerprint density at radius 2 is 1.88 bits per heavy atom. The Morgan fingerprint density at radius 1 is 1.08 bits per heavy atom. The highest BCUT2D eigenvalue weighted by Gasteiger charge is 2.26. The number of nitrogens with zero attached hydrogens (tertiary/aromatic N) is 3. The van der Waals surface area contributed by atoms with Crippen LogP contribution in [0.25, 0.3) is 5.70 Å². The van der Waals surface area contributed by atoms with Crippen LogP contribution in [-0.4, -0.2) is 29.0 Å². The van der Waals surface area contributed by atoms with Gasteiger partial charge in [0.25, 0.3) is 0 Å². The van der Waals surface area contributed by atoms with Crippen molar-refractivity contribution in [2.24, 2.45) is 0 Å². The van der Waals surface area contributed by atoms with E-state index in [-0.39, 0.29) is 11.9 Å². The average molecular weight is 352 g/mol. The molecule has 0 saturated heterocycles. The van der Waals surface area contributed by atoms with Crippen LogP contribution in [0.15, 0.2) is 54.9 Å². The van der Waals surface area contributed by atoms with E-state index in [1.54, 1.807) is 31.0 Å². The normalized spacial score (nSPS) is 15.7. The van der Waals surface area contributed by atoms with Gasteiger partial charge in [-0.15, -0.1) is 0 Å². The molecule has 2 heterocycles. The van der Waals surface area contributed by atoms with Gasteiger partial charge in [0, 0.05) is 17.3 Å². The van der Waals surface area contributed by atoms with Crippen LogP contribution in [0.4, 0.5) is 10.3 Å². The first-order valence-electron chi connectivity index (χ1n) is 8.06. The predicted molar refractivity (Wildman–Crippen MR) is 95.7 cm³/mol. The summed E-state index contributed by atoms with van der Waals surface area (Å²) in [5.74, 6) is 1.73. The predicted octanol–water partition coefficient (Wildman–Crippen LogP) is 3.49. The van der Waals surface area contributed by atoms with Crippen LogP contribution in [0.5, 0.6) is 11.5 Å². The molecule has 0 unspecified atom stereocenters. The fraction of sp³-hybridized carbons (Fsp3) is 0.158. The van der Waals surface area contributed by atoms with E-state index in [0.717, 1.165) is 16.8 Å². The number of benzene rings is 2. The van der Waals surface area contributed by atoms with Gasteiger partial charge in [0.15, 0.2) is 0 Å². The fourth-order valence-corrected chi connectivity index (χ4v) is 3.02. The summed E-state index contributed by atoms with van der Waals surface area (Å²) >= 11 is 0. The Balaban J connectivity index is 1.82. The quantitative estimate of drug-likeness (QED) is 0.779. The van der Waals surface area contributed by atoms with E-state index >= 15 is 0 Å². The molecule has 0 fully saturated rings. The van der Waals surface area contributed by atoms with Gasteiger partial charge in [-0.25, -0.2) is 9.07 Å². The van der Waals surface area contributed by atoms with E-state index in [1.807, 2.05) is 24.3 Å². The molecule has 0 bridgehead atoms. The highest BCUT2D eigenvalue weighted by molar-refractivity contribution is 5.77. The minimum Gasteiger partial charge on any atom is -0.497 e. The molecule has 7 heteroatoms. The van der Waals surface area contributed by atoms with Crippen molar-refractivity contribution >= 4 is 11.6 Å². The van der Waals surface area contributed by atoms with E-state index in [9.17, 15) is 4.39 Å². The maximum absolute atomic E-state index is 13.3. The topological polar surface area (TPSA) is 61.2 Å². The molecule has 1 aliphatic heterocycles. The van der Waals surface area contributed by atoms with Gasteiger partial charge in [-0.2, -0.15) is 10.1 Å². The molecule has 1 atom stereocenters. The van der Waals surface area contributed by atoms with Crippen molar-refractivity contribution in [2.75, 3.05) is 19.5 Å². The van der Waals surface area contributed by atoms with Crippen LogP contribution >= 0.6 is 0 Å². The Labute approximate surface area is 149 Å². The molecule has 0 saturated carbocycles. The molecule has 3 aromatic rings. The maximum Gasteiger partial charge on any atom is 0.226 e. The van der Waals surface area contributed by atoms with Gasteiger partial charge >= 0.3 is 0 Å². The lowest BCUT2D eigenvalue weighted by atomic mass is 10.0. The number of rotatable bonds is 4. The first-order chi connectivity index (χ1) is 12.7. The van der Waals surface area contributed by atoms with Crippen molar-refractivity contribution < 1.29 is 13.9 Å². The molecule has 4 rings (SSSR count). The zero-order valence-electron chi connectivity index (χ0n) is 14.3. The number of nitrogens with one attached hydrogen (secondary N) is 1. The molecule has 26 heavy (non-hydrogen) atoms. The summed E-state index contributed by atoms with van der Waals surface area (Å²) in [4.78, 5) is 4.28. The Morgan fingerprint density at radius 3 is 2.62 bits per heavy atom. The monoisotopic (exact) mass is 352 g/mol. The smallest absolute Gasteiger partial charge is 0.226 e. The van der Waals surface area contributed by atoms with Gasteiger partial charge in [-0.3, -0.25) is 0 Å². The number of aromatic nitrogens is 3. The van der Waals surface area contributed by atoms with Gasteiger partial charge in [0.2, 0.25) is 5.95 Å². The number of halogens is 1. The van der Waals surface area contributed by atoms with Gasteiger partial charge in [0.1, 0.15) is 29.7 Å². The molecule has 132 valence electrons. The highest BCUT2D eigenvalue weighted by Crippen LogP contribution is 2.37. The van der Waals surface area contributed by atoms with Crippen LogP contribution in [-0.2, 0) is 0 Å². The molecule has 0 amide bonds. The summed E-state index contributed by atoms with van der Waals surface area (Å²) in [6.07, 6.45) is 3.51. The molecule has 1 aliphatic rings. The first-order valence-corrected chi connectivity index (χ1v) is 8.06. The molecule has 0 radical (unpaired) electrons. The second kappa shape index (κ2) is 6.51. The summed E-state index contributed by atoms with van der Waals surface area (Å²) in [6.45, 7) is 0. The van der Waals surface area contributed by atoms with Crippen molar-refractivity contribution in [1.29, 1.82) is 0 Å². The maximum atomic E-state index is 13.3. The third kappa shape index (κ3) is 2.77. The lowest BCUT2D eigenvalue weighted by Gasteiger charge is -2.25. The van der Waals surface area contributed by atoms with E-state index in [2.05, 4.69) is 15.4 Å². The minimum absolute atomic E-state index is 0.227. The molecule has 2 aromatic carbocycles. The van der Waals surface area contributed by atoms with Crippen LogP contribution in [0, 0.1) is 5.82 Å². The molecule has 1 aromatic heterocycles. The van der Waals surface area contributed by atoms with Crippen molar-refractivity contribution in [3.8, 4) is 11.5 Å². The Bertz CT molecular complexity index is 966. The fourth-order valence-electron chi connectivity index (χ4n) is 3.02. The van der Waals surface area contributed by atoms with Crippen molar-refractivity contribution in [1.82, 2.24) is 14.8 Å². The summed E-state index contributed by atoms with van der Waals surface area (Å²) in [7, 11) is 3.23. The number of allylic oxidation sites excluding steroid dienone is 1. The van der Waals surface area contributed by atoms with E-state index < -0.39 is 0 Å². The molecule has 1 N–H and O–H groups in total. The third-order valence-electron chi connectivity index (χ3n) is 4.32. The van der Waals surface area contributed by atoms with Crippen molar-refractivity contribution in [3.05, 3.63) is 71.8 Å². The van der Waals surface area contributed by atoms with Gasteiger partial charge in [0.05, 0.1) is 14.2 Å². The van der Waals surface area contributed by atoms with Crippen LogP contribution in [0.3, 0.4) is 0 Å². The van der Waals surface area contributed by atoms with Crippen molar-refractivity contribution in [3.63, 3.8) is 0 Å². The lowest BCUT2D eigenvalue weighted by Crippen LogP contribution is -2.20. The third-order valence-corrected chi connectivity index (χ3v) is 4.32. The summed E-state index contributed by atoms with van der Waals surface area (Å²) in [6, 6.07) is 11.7. The number of anilines is 1. The van der Waals surface area contributed by atoms with Crippen molar-refractivity contribution in [2.45, 2.75) is 6.04 Å². The Hall–Kier alpha value is -3.35. The zero-order chi connectivity index (χ0) is 18.1. The second-order valence-electron chi connectivity index (χ2n) is 5.79. The van der Waals surface area contributed by atoms with E-state index in [1.165, 1.54) is 18.5 Å². The largest absolute Gasteiger partial charge is 0.497 e. The minimum atomic E-state index is -0.276. The summed E-state index contributed by atoms with van der Waals surface area (Å²) in [5, 5.41) is 7.56. The van der Waals surface area contributed by atoms with E-state index in [4.69, 9.17) is 9.47 Å². The first kappa shape index (κ1) is 16.1. The van der Waals surface area contributed by atoms with Crippen LogP contribution in [0.2, 0.25) is 0 Å². The number of hydrogen-bond acceptors (Lipinski definition) is 5. The van der Waals surface area contributed by atoms with Crippen LogP contribution in [0.1, 0.15) is 17.2 Å².